The highest BCUT2D eigenvalue weighted by atomic mass is 16.6. The summed E-state index contributed by atoms with van der Waals surface area (Å²) in [7, 11) is 5.24. The van der Waals surface area contributed by atoms with E-state index in [2.05, 4.69) is 10.1 Å². The third kappa shape index (κ3) is 7.84. The quantitative estimate of drug-likeness (QED) is 0.148. The fraction of sp³-hybridized carbons (Fsp3) is 0.400. The van der Waals surface area contributed by atoms with Gasteiger partial charge in [0.25, 0.3) is 5.91 Å². The maximum atomic E-state index is 14.1. The van der Waals surface area contributed by atoms with Crippen molar-refractivity contribution >= 4 is 34.2 Å². The number of hydrogen-bond donors (Lipinski definition) is 1. The Kier molecular flexibility index (Phi) is 10.5. The summed E-state index contributed by atoms with van der Waals surface area (Å²) in [6.45, 7) is 4.20. The van der Waals surface area contributed by atoms with Crippen LogP contribution in [0.25, 0.3) is 10.9 Å². The molecular formula is C30H37N5O4. The van der Waals surface area contributed by atoms with E-state index in [1.807, 2.05) is 93.6 Å². The van der Waals surface area contributed by atoms with Crippen LogP contribution in [0, 0.1) is 17.2 Å². The zero-order chi connectivity index (χ0) is 28.4. The molecule has 1 amide bonds. The van der Waals surface area contributed by atoms with Crippen LogP contribution in [-0.4, -0.2) is 61.3 Å². The van der Waals surface area contributed by atoms with Crippen molar-refractivity contribution in [2.24, 2.45) is 11.1 Å². The van der Waals surface area contributed by atoms with Crippen LogP contribution in [0.4, 0.5) is 5.69 Å². The number of anilines is 1. The molecule has 1 atom stereocenters. The number of H-pyrrole nitrogens is 1. The van der Waals surface area contributed by atoms with Crippen LogP contribution < -0.4 is 4.90 Å². The number of amides is 1. The first-order chi connectivity index (χ1) is 18.7. The van der Waals surface area contributed by atoms with Gasteiger partial charge in [-0.2, -0.15) is 5.26 Å². The molecule has 39 heavy (non-hydrogen) atoms. The van der Waals surface area contributed by atoms with Crippen molar-refractivity contribution in [3.8, 4) is 6.07 Å². The highest BCUT2D eigenvalue weighted by Gasteiger charge is 2.34. The van der Waals surface area contributed by atoms with Crippen LogP contribution in [-0.2, 0) is 32.1 Å². The Balaban J connectivity index is 2.04. The van der Waals surface area contributed by atoms with Gasteiger partial charge in [-0.3, -0.25) is 4.79 Å². The van der Waals surface area contributed by atoms with Gasteiger partial charge in [0.1, 0.15) is 18.4 Å². The van der Waals surface area contributed by atoms with Crippen LogP contribution in [0.15, 0.2) is 59.9 Å². The average Bonchev–Trinajstić information content (AvgIpc) is 3.34. The number of oxime groups is 1. The number of para-hydroxylation sites is 1. The molecule has 0 saturated carbocycles. The van der Waals surface area contributed by atoms with Gasteiger partial charge >= 0.3 is 5.97 Å². The lowest BCUT2D eigenvalue weighted by Crippen LogP contribution is -2.49. The third-order valence-electron chi connectivity index (χ3n) is 6.33. The summed E-state index contributed by atoms with van der Waals surface area (Å²) in [5.41, 5.74) is 3.92. The molecule has 1 N–H and O–H groups in total. The topological polar surface area (TPSA) is 111 Å². The van der Waals surface area contributed by atoms with Crippen molar-refractivity contribution in [2.75, 3.05) is 32.7 Å². The number of rotatable bonds is 13. The molecule has 1 heterocycles. The molecular weight excluding hydrogens is 494 g/mol. The van der Waals surface area contributed by atoms with E-state index >= 15 is 0 Å². The monoisotopic (exact) mass is 531 g/mol. The van der Waals surface area contributed by atoms with E-state index in [0.29, 0.717) is 6.42 Å². The highest BCUT2D eigenvalue weighted by Crippen LogP contribution is 2.24. The van der Waals surface area contributed by atoms with Gasteiger partial charge in [0.2, 0.25) is 0 Å². The number of methoxy groups -OCH3 is 1. The summed E-state index contributed by atoms with van der Waals surface area (Å²) < 4.78 is 5.21. The summed E-state index contributed by atoms with van der Waals surface area (Å²) in [5, 5.41) is 13.9. The van der Waals surface area contributed by atoms with Crippen molar-refractivity contribution in [3.63, 3.8) is 0 Å². The van der Waals surface area contributed by atoms with E-state index in [-0.39, 0.29) is 37.6 Å². The molecule has 9 heteroatoms. The Morgan fingerprint density at radius 2 is 1.82 bits per heavy atom. The molecule has 0 aliphatic carbocycles. The number of carbonyl (C=O) groups excluding carboxylic acids is 2. The van der Waals surface area contributed by atoms with Crippen LogP contribution >= 0.6 is 0 Å². The minimum Gasteiger partial charge on any atom is -0.467 e. The normalized spacial score (nSPS) is 12.2. The number of aromatic nitrogens is 1. The summed E-state index contributed by atoms with van der Waals surface area (Å²) in [5.74, 6) is -0.820. The van der Waals surface area contributed by atoms with Gasteiger partial charge in [0.15, 0.2) is 0 Å². The molecule has 1 aromatic heterocycles. The lowest BCUT2D eigenvalue weighted by molar-refractivity contribution is -0.151. The van der Waals surface area contributed by atoms with Crippen molar-refractivity contribution in [2.45, 2.75) is 45.7 Å². The number of nitrogens with one attached hydrogen (secondary N) is 1. The van der Waals surface area contributed by atoms with Gasteiger partial charge in [-0.25, -0.2) is 4.79 Å². The maximum absolute atomic E-state index is 14.1. The zero-order valence-electron chi connectivity index (χ0n) is 23.3. The van der Waals surface area contributed by atoms with E-state index in [1.54, 1.807) is 0 Å². The highest BCUT2D eigenvalue weighted by molar-refractivity contribution is 6.39. The molecule has 9 nitrogen and oxygen atoms in total. The van der Waals surface area contributed by atoms with Gasteiger partial charge in [0, 0.05) is 56.3 Å². The molecule has 0 aliphatic heterocycles. The maximum Gasteiger partial charge on any atom is 0.328 e. The van der Waals surface area contributed by atoms with Gasteiger partial charge in [-0.1, -0.05) is 49.3 Å². The molecule has 0 aliphatic rings. The molecule has 3 aromatic rings. The summed E-state index contributed by atoms with van der Waals surface area (Å²) >= 11 is 0. The Bertz CT molecular complexity index is 1320. The molecule has 3 rings (SSSR count). The fourth-order valence-corrected chi connectivity index (χ4v) is 4.32. The summed E-state index contributed by atoms with van der Waals surface area (Å²) in [6.07, 6.45) is 2.62. The van der Waals surface area contributed by atoms with Crippen molar-refractivity contribution in [1.29, 1.82) is 5.26 Å². The third-order valence-corrected chi connectivity index (χ3v) is 6.33. The predicted octanol–water partition coefficient (Wildman–Crippen LogP) is 4.68. The Morgan fingerprint density at radius 3 is 2.46 bits per heavy atom. The zero-order valence-corrected chi connectivity index (χ0v) is 23.3. The van der Waals surface area contributed by atoms with Gasteiger partial charge in [0.05, 0.1) is 19.6 Å². The lowest BCUT2D eigenvalue weighted by Gasteiger charge is -2.31. The van der Waals surface area contributed by atoms with Gasteiger partial charge in [-0.05, 0) is 35.2 Å². The van der Waals surface area contributed by atoms with Crippen molar-refractivity contribution < 1.29 is 19.2 Å². The molecule has 0 bridgehead atoms. The fourth-order valence-electron chi connectivity index (χ4n) is 4.32. The van der Waals surface area contributed by atoms with E-state index in [4.69, 9.17) is 14.8 Å². The van der Waals surface area contributed by atoms with Crippen LogP contribution in [0.2, 0.25) is 0 Å². The minimum absolute atomic E-state index is 0.0765. The van der Waals surface area contributed by atoms with Crippen molar-refractivity contribution in [1.82, 2.24) is 9.88 Å². The van der Waals surface area contributed by atoms with E-state index in [1.165, 1.54) is 12.0 Å². The Hall–Kier alpha value is -4.32. The number of esters is 1. The Morgan fingerprint density at radius 1 is 1.10 bits per heavy atom. The second-order valence-corrected chi connectivity index (χ2v) is 9.97. The molecule has 0 fully saturated rings. The molecule has 0 radical (unpaired) electrons. The van der Waals surface area contributed by atoms with E-state index < -0.39 is 17.9 Å². The second kappa shape index (κ2) is 14.0. The number of ether oxygens (including phenoxy) is 1. The van der Waals surface area contributed by atoms with Crippen LogP contribution in [0.5, 0.6) is 0 Å². The van der Waals surface area contributed by atoms with Crippen LogP contribution in [0.1, 0.15) is 37.8 Å². The number of fused-ring (bicyclic) bond motifs is 1. The van der Waals surface area contributed by atoms with E-state index in [0.717, 1.165) is 27.7 Å². The predicted molar refractivity (Wildman–Crippen MR) is 152 cm³/mol. The molecule has 0 unspecified atom stereocenters. The number of carbonyl (C=O) groups is 2. The van der Waals surface area contributed by atoms with Crippen LogP contribution in [0.3, 0.4) is 0 Å². The number of nitrogens with zero attached hydrogens (tertiary/aromatic N) is 4. The SMILES string of the molecule is COC(=O)[C@H](Cc1c[nH]c2ccccc12)N(Cc1ccc(N(C)C)cc1)C(=O)C(CC(C)C)=NOCCC#N. The number of aromatic amines is 1. The first-order valence-corrected chi connectivity index (χ1v) is 13.0. The van der Waals surface area contributed by atoms with Crippen molar-refractivity contribution in [3.05, 3.63) is 65.9 Å². The first kappa shape index (κ1) is 29.2. The average molecular weight is 532 g/mol. The molecule has 206 valence electrons. The lowest BCUT2D eigenvalue weighted by atomic mass is 10.0. The first-order valence-electron chi connectivity index (χ1n) is 13.0. The van der Waals surface area contributed by atoms with E-state index in [9.17, 15) is 9.59 Å². The summed E-state index contributed by atoms with van der Waals surface area (Å²) in [6, 6.07) is 16.7. The summed E-state index contributed by atoms with van der Waals surface area (Å²) in [4.78, 5) is 39.4. The van der Waals surface area contributed by atoms with Gasteiger partial charge < -0.3 is 24.4 Å². The van der Waals surface area contributed by atoms with Gasteiger partial charge in [-0.15, -0.1) is 0 Å². The number of benzene rings is 2. The Labute approximate surface area is 230 Å². The standard InChI is InChI=1S/C30H37N5O4/c1-21(2)17-27(33-39-16-8-15-31)29(36)35(20-22-11-13-24(14-12-22)34(3)4)28(30(37)38-5)18-23-19-32-26-10-7-6-9-25(23)26/h6-7,9-14,19,21,28,32H,8,16-18,20H2,1-5H3/t28-/m0/s1. The molecule has 0 spiro atoms. The number of hydrogen-bond acceptors (Lipinski definition) is 7. The smallest absolute Gasteiger partial charge is 0.328 e. The number of nitriles is 1. The largest absolute Gasteiger partial charge is 0.467 e. The minimum atomic E-state index is -0.910. The molecule has 0 saturated heterocycles. The second-order valence-electron chi connectivity index (χ2n) is 9.97. The molecule has 2 aromatic carbocycles.